The van der Waals surface area contributed by atoms with E-state index in [0.717, 1.165) is 22.3 Å². The van der Waals surface area contributed by atoms with Gasteiger partial charge in [-0.1, -0.05) is 66.2 Å². The smallest absolute Gasteiger partial charge is 0.315 e. The maximum atomic E-state index is 12.3. The van der Waals surface area contributed by atoms with Gasteiger partial charge in [-0.2, -0.15) is 5.26 Å². The van der Waals surface area contributed by atoms with E-state index in [-0.39, 0.29) is 24.2 Å². The molecule has 5 heteroatoms. The van der Waals surface area contributed by atoms with Gasteiger partial charge in [0, 0.05) is 11.6 Å². The van der Waals surface area contributed by atoms with Crippen molar-refractivity contribution in [2.45, 2.75) is 19.3 Å². The first kappa shape index (κ1) is 19.3. The molecule has 1 heterocycles. The minimum Gasteiger partial charge on any atom is -0.440 e. The Labute approximate surface area is 175 Å². The molecule has 0 radical (unpaired) electrons. The molecule has 0 bridgehead atoms. The molecule has 0 saturated carbocycles. The number of ether oxygens (including phenoxy) is 2. The van der Waals surface area contributed by atoms with E-state index < -0.39 is 0 Å². The number of hydrogen-bond acceptors (Lipinski definition) is 5. The van der Waals surface area contributed by atoms with E-state index in [1.54, 1.807) is 12.1 Å². The largest absolute Gasteiger partial charge is 0.440 e. The third kappa shape index (κ3) is 3.89. The molecular formula is C25H20N2O3. The van der Waals surface area contributed by atoms with Crippen LogP contribution in [0.2, 0.25) is 0 Å². The van der Waals surface area contributed by atoms with Crippen LogP contribution < -0.4 is 15.2 Å². The van der Waals surface area contributed by atoms with Crippen LogP contribution in [0.5, 0.6) is 11.5 Å². The highest BCUT2D eigenvalue weighted by Crippen LogP contribution is 2.43. The molecule has 0 aliphatic carbocycles. The van der Waals surface area contributed by atoms with E-state index in [1.807, 2.05) is 67.6 Å². The van der Waals surface area contributed by atoms with Crippen molar-refractivity contribution in [1.82, 2.24) is 0 Å². The van der Waals surface area contributed by atoms with Crippen molar-refractivity contribution in [3.05, 3.63) is 107 Å². The lowest BCUT2D eigenvalue weighted by atomic mass is 9.83. The Hall–Kier alpha value is -4.04. The maximum absolute atomic E-state index is 12.3. The first-order valence-corrected chi connectivity index (χ1v) is 9.58. The normalized spacial score (nSPS) is 15.0. The van der Waals surface area contributed by atoms with Crippen LogP contribution in [0.15, 0.2) is 84.3 Å². The van der Waals surface area contributed by atoms with Crippen LogP contribution in [0.1, 0.15) is 28.2 Å². The summed E-state index contributed by atoms with van der Waals surface area (Å²) in [5, 5.41) is 9.65. The number of nitrogens with zero attached hydrogens (tertiary/aromatic N) is 1. The second kappa shape index (κ2) is 8.14. The zero-order chi connectivity index (χ0) is 21.1. The molecule has 148 valence electrons. The van der Waals surface area contributed by atoms with E-state index >= 15 is 0 Å². The Morgan fingerprint density at radius 1 is 1.10 bits per heavy atom. The molecule has 0 amide bonds. The fraction of sp³-hybridized carbons (Fsp3) is 0.120. The zero-order valence-corrected chi connectivity index (χ0v) is 16.5. The molecular weight excluding hydrogens is 376 g/mol. The molecule has 1 atom stereocenters. The first-order valence-electron chi connectivity index (χ1n) is 9.58. The van der Waals surface area contributed by atoms with Gasteiger partial charge in [0.25, 0.3) is 0 Å². The molecule has 5 nitrogen and oxygen atoms in total. The highest BCUT2D eigenvalue weighted by molar-refractivity contribution is 5.75. The molecule has 30 heavy (non-hydrogen) atoms. The van der Waals surface area contributed by atoms with Crippen LogP contribution in [-0.2, 0) is 11.2 Å². The highest BCUT2D eigenvalue weighted by atomic mass is 16.5. The average Bonchev–Trinajstić information content (AvgIpc) is 2.74. The standard InChI is InChI=1S/C25H20N2O3/c1-16-7-9-18(10-8-16)24-20-12-11-19(14-22(20)30-25(27)21(24)15-26)29-23(28)13-17-5-3-2-4-6-17/h2-12,14,24H,13,27H2,1H3. The Balaban J connectivity index is 1.63. The van der Waals surface area contributed by atoms with Crippen LogP contribution in [-0.4, -0.2) is 5.97 Å². The fourth-order valence-electron chi connectivity index (χ4n) is 3.53. The van der Waals surface area contributed by atoms with Crippen molar-refractivity contribution in [2.24, 2.45) is 5.73 Å². The van der Waals surface area contributed by atoms with Gasteiger partial charge in [0.1, 0.15) is 23.1 Å². The Morgan fingerprint density at radius 2 is 1.83 bits per heavy atom. The molecule has 0 fully saturated rings. The lowest BCUT2D eigenvalue weighted by Crippen LogP contribution is -2.21. The molecule has 1 aliphatic heterocycles. The van der Waals surface area contributed by atoms with E-state index in [2.05, 4.69) is 6.07 Å². The molecule has 1 aliphatic rings. The van der Waals surface area contributed by atoms with Crippen LogP contribution in [0.3, 0.4) is 0 Å². The lowest BCUT2D eigenvalue weighted by Gasteiger charge is -2.26. The second-order valence-corrected chi connectivity index (χ2v) is 7.17. The topological polar surface area (TPSA) is 85.3 Å². The van der Waals surface area contributed by atoms with Crippen LogP contribution in [0, 0.1) is 18.3 Å². The summed E-state index contributed by atoms with van der Waals surface area (Å²) in [4.78, 5) is 12.3. The molecule has 1 unspecified atom stereocenters. The summed E-state index contributed by atoms with van der Waals surface area (Å²) >= 11 is 0. The van der Waals surface area contributed by atoms with Gasteiger partial charge < -0.3 is 15.2 Å². The number of aryl methyl sites for hydroxylation is 1. The van der Waals surface area contributed by atoms with Crippen molar-refractivity contribution < 1.29 is 14.3 Å². The Morgan fingerprint density at radius 3 is 2.53 bits per heavy atom. The SMILES string of the molecule is Cc1ccc(C2C(C#N)=C(N)Oc3cc(OC(=O)Cc4ccccc4)ccc32)cc1. The van der Waals surface area contributed by atoms with Gasteiger partial charge in [0.15, 0.2) is 0 Å². The summed E-state index contributed by atoms with van der Waals surface area (Å²) in [5.74, 6) is 0.192. The number of allylic oxidation sites excluding steroid dienone is 1. The summed E-state index contributed by atoms with van der Waals surface area (Å²) in [6.07, 6.45) is 0.172. The number of benzene rings is 3. The quantitative estimate of drug-likeness (QED) is 0.523. The summed E-state index contributed by atoms with van der Waals surface area (Å²) in [5.41, 5.74) is 10.1. The Bertz CT molecular complexity index is 1160. The monoisotopic (exact) mass is 396 g/mol. The number of carbonyl (C=O) groups is 1. The average molecular weight is 396 g/mol. The number of rotatable bonds is 4. The van der Waals surface area contributed by atoms with Crippen molar-refractivity contribution >= 4 is 5.97 Å². The highest BCUT2D eigenvalue weighted by Gasteiger charge is 2.31. The third-order valence-corrected chi connectivity index (χ3v) is 5.02. The summed E-state index contributed by atoms with van der Waals surface area (Å²) in [7, 11) is 0. The van der Waals surface area contributed by atoms with Crippen LogP contribution in [0.25, 0.3) is 0 Å². The number of esters is 1. The van der Waals surface area contributed by atoms with Gasteiger partial charge in [-0.25, -0.2) is 0 Å². The molecule has 0 aromatic heterocycles. The molecule has 0 saturated heterocycles. The first-order chi connectivity index (χ1) is 14.5. The van der Waals surface area contributed by atoms with Crippen molar-refractivity contribution in [2.75, 3.05) is 0 Å². The second-order valence-electron chi connectivity index (χ2n) is 7.17. The predicted molar refractivity (Wildman–Crippen MR) is 113 cm³/mol. The van der Waals surface area contributed by atoms with E-state index in [0.29, 0.717) is 17.1 Å². The summed E-state index contributed by atoms with van der Waals surface area (Å²) < 4.78 is 11.2. The van der Waals surface area contributed by atoms with Gasteiger partial charge in [-0.3, -0.25) is 4.79 Å². The minimum atomic E-state index is -0.367. The van der Waals surface area contributed by atoms with Crippen LogP contribution >= 0.6 is 0 Å². The van der Waals surface area contributed by atoms with Gasteiger partial charge in [-0.15, -0.1) is 0 Å². The molecule has 4 rings (SSSR count). The number of nitrogens with two attached hydrogens (primary N) is 1. The zero-order valence-electron chi connectivity index (χ0n) is 16.5. The fourth-order valence-corrected chi connectivity index (χ4v) is 3.53. The van der Waals surface area contributed by atoms with Crippen molar-refractivity contribution in [3.8, 4) is 17.6 Å². The third-order valence-electron chi connectivity index (χ3n) is 5.02. The van der Waals surface area contributed by atoms with Gasteiger partial charge >= 0.3 is 5.97 Å². The summed E-state index contributed by atoms with van der Waals surface area (Å²) in [6, 6.07) is 24.7. The number of hydrogen-bond donors (Lipinski definition) is 1. The van der Waals surface area contributed by atoms with Gasteiger partial charge in [0.05, 0.1) is 12.3 Å². The molecule has 3 aromatic rings. The van der Waals surface area contributed by atoms with Gasteiger partial charge in [-0.05, 0) is 24.1 Å². The number of fused-ring (bicyclic) bond motifs is 1. The number of nitriles is 1. The predicted octanol–water partition coefficient (Wildman–Crippen LogP) is 4.36. The molecule has 2 N–H and O–H groups in total. The van der Waals surface area contributed by atoms with Crippen LogP contribution in [0.4, 0.5) is 0 Å². The summed E-state index contributed by atoms with van der Waals surface area (Å²) in [6.45, 7) is 2.01. The van der Waals surface area contributed by atoms with Crippen molar-refractivity contribution in [1.29, 1.82) is 5.26 Å². The number of carbonyl (C=O) groups excluding carboxylic acids is 1. The van der Waals surface area contributed by atoms with E-state index in [9.17, 15) is 10.1 Å². The maximum Gasteiger partial charge on any atom is 0.315 e. The van der Waals surface area contributed by atoms with E-state index in [1.165, 1.54) is 0 Å². The molecule has 0 spiro atoms. The lowest BCUT2D eigenvalue weighted by molar-refractivity contribution is -0.133. The Kier molecular flexibility index (Phi) is 5.23. The van der Waals surface area contributed by atoms with Crippen molar-refractivity contribution in [3.63, 3.8) is 0 Å². The van der Waals surface area contributed by atoms with E-state index in [4.69, 9.17) is 15.2 Å². The molecule has 3 aromatic carbocycles. The van der Waals surface area contributed by atoms with Gasteiger partial charge in [0.2, 0.25) is 5.88 Å². The minimum absolute atomic E-state index is 0.0586.